The molecule has 4 aromatic carbocycles. The molecule has 4 fully saturated rings. The fourth-order valence-corrected chi connectivity index (χ4v) is 12.8. The first kappa shape index (κ1) is 51.0. The number of hydrogen-bond acceptors (Lipinski definition) is 12. The number of carbonyl (C=O) groups excluding carboxylic acids is 1. The van der Waals surface area contributed by atoms with Crippen LogP contribution in [0.3, 0.4) is 0 Å². The van der Waals surface area contributed by atoms with Gasteiger partial charge in [-0.3, -0.25) is 24.7 Å². The third-order valence-electron chi connectivity index (χ3n) is 16.1. The zero-order valence-corrected chi connectivity index (χ0v) is 42.8. The molecule has 74 heavy (non-hydrogen) atoms. The summed E-state index contributed by atoms with van der Waals surface area (Å²) in [6, 6.07) is 25.6. The van der Waals surface area contributed by atoms with Gasteiger partial charge in [-0.2, -0.15) is 0 Å². The number of benzene rings is 4. The number of amides is 1. The van der Waals surface area contributed by atoms with Gasteiger partial charge in [-0.1, -0.05) is 44.2 Å². The number of nitro groups is 1. The van der Waals surface area contributed by atoms with Gasteiger partial charge < -0.3 is 25.0 Å². The van der Waals surface area contributed by atoms with Crippen LogP contribution in [-0.2, 0) is 16.6 Å². The van der Waals surface area contributed by atoms with Crippen molar-refractivity contribution in [3.05, 3.63) is 147 Å². The van der Waals surface area contributed by atoms with Gasteiger partial charge in [0.2, 0.25) is 0 Å². The predicted octanol–water partition coefficient (Wildman–Crippen LogP) is 10.4. The molecule has 2 saturated carbocycles. The number of ether oxygens (including phenoxy) is 1. The smallest absolute Gasteiger partial charge is 0.293 e. The number of nitro benzene ring substituents is 1. The monoisotopic (exact) mass is 1030 g/mol. The molecular formula is C56H64F2N8O7S. The van der Waals surface area contributed by atoms with Crippen LogP contribution in [0.2, 0.25) is 0 Å². The lowest BCUT2D eigenvalue weighted by Gasteiger charge is -2.58. The second-order valence-electron chi connectivity index (χ2n) is 21.6. The van der Waals surface area contributed by atoms with E-state index in [4.69, 9.17) is 4.74 Å². The highest BCUT2D eigenvalue weighted by atomic mass is 32.2. The van der Waals surface area contributed by atoms with Crippen molar-refractivity contribution >= 4 is 44.0 Å². The zero-order valence-electron chi connectivity index (χ0n) is 42.0. The minimum atomic E-state index is -4.61. The van der Waals surface area contributed by atoms with Crippen LogP contribution in [-0.4, -0.2) is 95.0 Å². The second kappa shape index (κ2) is 20.7. The summed E-state index contributed by atoms with van der Waals surface area (Å²) >= 11 is 0. The molecule has 4 aliphatic rings. The van der Waals surface area contributed by atoms with Crippen molar-refractivity contribution < 1.29 is 36.8 Å². The van der Waals surface area contributed by atoms with Crippen LogP contribution in [0, 0.1) is 33.1 Å². The number of aliphatic hydroxyl groups is 1. The lowest BCUT2D eigenvalue weighted by Crippen LogP contribution is -2.60. The number of rotatable bonds is 15. The van der Waals surface area contributed by atoms with Crippen LogP contribution in [0.4, 0.5) is 25.8 Å². The molecule has 0 unspecified atom stereocenters. The van der Waals surface area contributed by atoms with Crippen LogP contribution < -0.4 is 19.7 Å². The molecule has 2 aromatic heterocycles. The molecule has 0 radical (unpaired) electrons. The topological polar surface area (TPSA) is 186 Å². The third-order valence-corrected chi connectivity index (χ3v) is 17.5. The molecule has 15 nitrogen and oxygen atoms in total. The lowest BCUT2D eigenvalue weighted by molar-refractivity contribution is -0.384. The highest BCUT2D eigenvalue weighted by Crippen LogP contribution is 2.53. The Kier molecular flexibility index (Phi) is 14.3. The Hall–Kier alpha value is -6.47. The largest absolute Gasteiger partial charge is 0.455 e. The number of carbonyl (C=O) groups is 1. The van der Waals surface area contributed by atoms with E-state index in [-0.39, 0.29) is 34.4 Å². The number of fused-ring (bicyclic) bond motifs is 1. The van der Waals surface area contributed by atoms with Crippen molar-refractivity contribution in [2.45, 2.75) is 107 Å². The molecule has 390 valence electrons. The summed E-state index contributed by atoms with van der Waals surface area (Å²) in [7, 11) is -4.61. The average molecular weight is 1030 g/mol. The van der Waals surface area contributed by atoms with E-state index < -0.39 is 48.7 Å². The molecule has 0 bridgehead atoms. The fraction of sp³-hybridized carbons (Fsp3) is 0.429. The number of anilines is 2. The summed E-state index contributed by atoms with van der Waals surface area (Å²) in [5.74, 6) is -1.67. The molecule has 1 atom stereocenters. The van der Waals surface area contributed by atoms with E-state index in [1.54, 1.807) is 43.5 Å². The number of nitrogens with one attached hydrogen (secondary N) is 3. The van der Waals surface area contributed by atoms with Crippen molar-refractivity contribution in [1.82, 2.24) is 24.5 Å². The summed E-state index contributed by atoms with van der Waals surface area (Å²) in [6.45, 7) is 11.2. The van der Waals surface area contributed by atoms with E-state index >= 15 is 0 Å². The van der Waals surface area contributed by atoms with Gasteiger partial charge >= 0.3 is 0 Å². The quantitative estimate of drug-likeness (QED) is 0.0564. The Bertz CT molecular complexity index is 3160. The molecule has 6 aromatic rings. The van der Waals surface area contributed by atoms with Gasteiger partial charge in [-0.05, 0) is 141 Å². The number of hydrogen-bond donors (Lipinski definition) is 4. The highest BCUT2D eigenvalue weighted by Gasteiger charge is 2.50. The number of H-pyrrole nitrogens is 1. The van der Waals surface area contributed by atoms with E-state index in [2.05, 4.69) is 72.8 Å². The summed E-state index contributed by atoms with van der Waals surface area (Å²) in [4.78, 5) is 40.0. The second-order valence-corrected chi connectivity index (χ2v) is 23.3. The number of sulfonamides is 1. The maximum Gasteiger partial charge on any atom is 0.293 e. The first-order valence-corrected chi connectivity index (χ1v) is 27.2. The first-order chi connectivity index (χ1) is 35.4. The Morgan fingerprint density at radius 3 is 2.46 bits per heavy atom. The Labute approximate surface area is 430 Å². The van der Waals surface area contributed by atoms with Gasteiger partial charge in [0.05, 0.1) is 27.2 Å². The summed E-state index contributed by atoms with van der Waals surface area (Å²) in [5, 5.41) is 26.4. The maximum atomic E-state index is 14.2. The molecule has 2 saturated heterocycles. The van der Waals surface area contributed by atoms with Crippen molar-refractivity contribution in [3.8, 4) is 11.5 Å². The van der Waals surface area contributed by atoms with Gasteiger partial charge in [0.25, 0.3) is 21.6 Å². The minimum absolute atomic E-state index is 0.0560. The van der Waals surface area contributed by atoms with Gasteiger partial charge in [-0.25, -0.2) is 26.9 Å². The van der Waals surface area contributed by atoms with E-state index in [1.165, 1.54) is 41.6 Å². The normalized spacial score (nSPS) is 21.7. The highest BCUT2D eigenvalue weighted by molar-refractivity contribution is 7.90. The summed E-state index contributed by atoms with van der Waals surface area (Å²) < 4.78 is 64.2. The van der Waals surface area contributed by atoms with E-state index in [0.29, 0.717) is 49.3 Å². The molecule has 1 spiro atoms. The maximum absolute atomic E-state index is 14.2. The van der Waals surface area contributed by atoms with Crippen LogP contribution >= 0.6 is 0 Å². The Balaban J connectivity index is 0.832. The average Bonchev–Trinajstić information content (AvgIpc) is 3.84. The van der Waals surface area contributed by atoms with E-state index in [0.717, 1.165) is 94.0 Å². The molecular weight excluding hydrogens is 967 g/mol. The number of aromatic nitrogens is 2. The fourth-order valence-electron chi connectivity index (χ4n) is 11.8. The molecule has 10 rings (SSSR count). The van der Waals surface area contributed by atoms with Crippen LogP contribution in [0.1, 0.15) is 111 Å². The zero-order chi connectivity index (χ0) is 51.9. The lowest BCUT2D eigenvalue weighted by atomic mass is 9.59. The Morgan fingerprint density at radius 2 is 1.72 bits per heavy atom. The number of piperazine rings is 1. The predicted molar refractivity (Wildman–Crippen MR) is 280 cm³/mol. The summed E-state index contributed by atoms with van der Waals surface area (Å²) in [5.41, 5.74) is 3.94. The van der Waals surface area contributed by atoms with Crippen LogP contribution in [0.25, 0.3) is 11.0 Å². The molecule has 1 amide bonds. The Morgan fingerprint density at radius 1 is 0.946 bits per heavy atom. The van der Waals surface area contributed by atoms with Crippen molar-refractivity contribution in [1.29, 1.82) is 0 Å². The van der Waals surface area contributed by atoms with E-state index in [1.807, 2.05) is 6.07 Å². The standard InChI is InChI=1S/C56H64F2N8O7S/c1-36(2)44-6-4-5-7-45(44)51-35-63(34-38-8-12-47(57)48(58)26-38)24-25-65(51)41-30-56(31-41)19-22-64(23-20-56)40-9-11-46(52(28-40)73-42-27-39-16-21-59-53(39)61-33-42)54(67)62-74(71,72)43-10-13-49(50(29-43)66(69)70)60-32-37-14-17-55(3,68)18-15-37/h4-13,16,21,26-29,33,36-37,41,51,60,68H,14-15,17-20,22-25,30-32,34-35H2,1-3H3,(H,59,61)(H,62,67)/t37-,51-,55-/m1/s1. The number of piperidine rings is 1. The molecule has 2 aliphatic heterocycles. The summed E-state index contributed by atoms with van der Waals surface area (Å²) in [6.07, 6.45) is 10.1. The van der Waals surface area contributed by atoms with Crippen molar-refractivity contribution in [2.75, 3.05) is 49.5 Å². The number of aromatic amines is 1. The van der Waals surface area contributed by atoms with Crippen LogP contribution in [0.15, 0.2) is 108 Å². The molecule has 2 aliphatic carbocycles. The van der Waals surface area contributed by atoms with Crippen molar-refractivity contribution in [2.24, 2.45) is 11.3 Å². The van der Waals surface area contributed by atoms with Crippen molar-refractivity contribution in [3.63, 3.8) is 0 Å². The number of nitrogens with zero attached hydrogens (tertiary/aromatic N) is 5. The minimum Gasteiger partial charge on any atom is -0.455 e. The number of pyridine rings is 1. The molecule has 4 heterocycles. The number of halogens is 2. The molecule has 18 heteroatoms. The third kappa shape index (κ3) is 11.0. The van der Waals surface area contributed by atoms with Crippen LogP contribution in [0.5, 0.6) is 11.5 Å². The van der Waals surface area contributed by atoms with Gasteiger partial charge in [0, 0.05) is 87.3 Å². The van der Waals surface area contributed by atoms with E-state index in [9.17, 15) is 37.2 Å². The van der Waals surface area contributed by atoms with Gasteiger partial charge in [0.15, 0.2) is 11.6 Å². The SMILES string of the molecule is CC(C)c1ccccc1[C@H]1CN(Cc2ccc(F)c(F)c2)CCN1C1CC2(CCN(c3ccc(C(=O)NS(=O)(=O)c4ccc(NC[C@H]5CC[C@](C)(O)CC5)c([N+](=O)[O-])c4)c(Oc4cnc5[nH]ccc5c4)c3)CC2)C1. The van der Waals surface area contributed by atoms with Gasteiger partial charge in [-0.15, -0.1) is 0 Å². The first-order valence-electron chi connectivity index (χ1n) is 25.7. The molecule has 4 N–H and O–H groups in total. The van der Waals surface area contributed by atoms with Gasteiger partial charge in [0.1, 0.15) is 22.8 Å².